The van der Waals surface area contributed by atoms with Gasteiger partial charge in [0.25, 0.3) is 5.82 Å². The van der Waals surface area contributed by atoms with Gasteiger partial charge in [-0.2, -0.15) is 0 Å². The molecule has 0 atom stereocenters. The quantitative estimate of drug-likeness (QED) is 0.764. The number of anilines is 1. The molecule has 0 aliphatic rings. The summed E-state index contributed by atoms with van der Waals surface area (Å²) in [5, 5.41) is 5.40. The Balaban J connectivity index is 1.75. The summed E-state index contributed by atoms with van der Waals surface area (Å²) < 4.78 is 0. The molecule has 0 saturated heterocycles. The molecule has 0 spiro atoms. The molecule has 2 aromatic carbocycles. The highest BCUT2D eigenvalue weighted by atomic mass is 35.5. The second-order valence-corrected chi connectivity index (χ2v) is 5.65. The summed E-state index contributed by atoms with van der Waals surface area (Å²) in [6, 6.07) is 18.6. The Bertz CT molecular complexity index is 754. The van der Waals surface area contributed by atoms with E-state index in [1.165, 1.54) is 16.5 Å². The molecule has 2 nitrogen and oxygen atoms in total. The van der Waals surface area contributed by atoms with Gasteiger partial charge in [-0.3, -0.25) is 5.32 Å². The van der Waals surface area contributed by atoms with Gasteiger partial charge in [0.2, 0.25) is 0 Å². The minimum atomic E-state index is 0.750. The standard InChI is InChI=1S/C18H17ClN2/c1-13-11-18(20-10-9-14-5-3-2-4-6-14)21-17-12-15(19)7-8-16(13)17/h2-8,11-12H,9-10H2,1H3,(H,20,21)/p+1. The van der Waals surface area contributed by atoms with E-state index in [0.29, 0.717) is 0 Å². The van der Waals surface area contributed by atoms with E-state index in [4.69, 9.17) is 11.6 Å². The largest absolute Gasteiger partial charge is 0.274 e. The van der Waals surface area contributed by atoms with Gasteiger partial charge in [-0.1, -0.05) is 41.9 Å². The number of hydrogen-bond donors (Lipinski definition) is 1. The van der Waals surface area contributed by atoms with E-state index in [1.807, 2.05) is 18.2 Å². The number of benzene rings is 2. The Hall–Kier alpha value is -2.06. The first kappa shape index (κ1) is 13.9. The minimum Gasteiger partial charge on any atom is -0.274 e. The van der Waals surface area contributed by atoms with Gasteiger partial charge in [-0.25, -0.2) is 4.98 Å². The molecule has 0 fully saturated rings. The monoisotopic (exact) mass is 297 g/mol. The van der Waals surface area contributed by atoms with Crippen LogP contribution in [0.2, 0.25) is 5.02 Å². The highest BCUT2D eigenvalue weighted by Crippen LogP contribution is 2.20. The maximum absolute atomic E-state index is 6.07. The van der Waals surface area contributed by atoms with E-state index in [-0.39, 0.29) is 0 Å². The molecule has 21 heavy (non-hydrogen) atoms. The fraction of sp³-hybridized carbons (Fsp3) is 0.167. The molecule has 0 bridgehead atoms. The first-order valence-corrected chi connectivity index (χ1v) is 7.50. The van der Waals surface area contributed by atoms with Crippen molar-refractivity contribution in [2.24, 2.45) is 0 Å². The van der Waals surface area contributed by atoms with Crippen LogP contribution < -0.4 is 10.3 Å². The SMILES string of the molecule is Cc1cc(NCCc2ccccc2)[nH+]c2cc(Cl)ccc12. The Morgan fingerprint density at radius 1 is 1.05 bits per heavy atom. The summed E-state index contributed by atoms with van der Waals surface area (Å²) in [6.45, 7) is 3.01. The van der Waals surface area contributed by atoms with Crippen LogP contribution in [0.4, 0.5) is 5.82 Å². The highest BCUT2D eigenvalue weighted by molar-refractivity contribution is 6.31. The van der Waals surface area contributed by atoms with Crippen LogP contribution in [0.1, 0.15) is 11.1 Å². The van der Waals surface area contributed by atoms with Crippen molar-refractivity contribution >= 4 is 28.3 Å². The Morgan fingerprint density at radius 2 is 1.86 bits per heavy atom. The van der Waals surface area contributed by atoms with Gasteiger partial charge in [-0.15, -0.1) is 0 Å². The molecule has 2 N–H and O–H groups in total. The second kappa shape index (κ2) is 6.15. The number of rotatable bonds is 4. The zero-order chi connectivity index (χ0) is 14.7. The molecule has 0 radical (unpaired) electrons. The van der Waals surface area contributed by atoms with Gasteiger partial charge in [0.05, 0.1) is 6.54 Å². The third-order valence-corrected chi connectivity index (χ3v) is 3.84. The van der Waals surface area contributed by atoms with Crippen molar-refractivity contribution in [1.82, 2.24) is 0 Å². The average Bonchev–Trinajstić information content (AvgIpc) is 2.48. The molecule has 0 amide bonds. The molecule has 0 unspecified atom stereocenters. The topological polar surface area (TPSA) is 26.2 Å². The normalized spacial score (nSPS) is 10.8. The second-order valence-electron chi connectivity index (χ2n) is 5.22. The lowest BCUT2D eigenvalue weighted by Crippen LogP contribution is -2.16. The van der Waals surface area contributed by atoms with Crippen LogP contribution >= 0.6 is 11.6 Å². The van der Waals surface area contributed by atoms with Gasteiger partial charge >= 0.3 is 0 Å². The summed E-state index contributed by atoms with van der Waals surface area (Å²) in [5.41, 5.74) is 3.64. The summed E-state index contributed by atoms with van der Waals surface area (Å²) in [4.78, 5) is 3.40. The number of halogens is 1. The van der Waals surface area contributed by atoms with Crippen molar-refractivity contribution in [1.29, 1.82) is 0 Å². The maximum atomic E-state index is 6.07. The molecule has 3 heteroatoms. The van der Waals surface area contributed by atoms with Gasteiger partial charge in [0, 0.05) is 29.0 Å². The summed E-state index contributed by atoms with van der Waals surface area (Å²) >= 11 is 6.07. The maximum Gasteiger partial charge on any atom is 0.272 e. The molecule has 1 heterocycles. The van der Waals surface area contributed by atoms with E-state index in [2.05, 4.69) is 53.6 Å². The number of aryl methyl sites for hydroxylation is 1. The fourth-order valence-corrected chi connectivity index (χ4v) is 2.69. The molecule has 0 aliphatic carbocycles. The predicted octanol–water partition coefficient (Wildman–Crippen LogP) is 4.27. The Kier molecular flexibility index (Phi) is 4.07. The van der Waals surface area contributed by atoms with E-state index in [9.17, 15) is 0 Å². The molecular formula is C18H18ClN2+. The molecule has 3 rings (SSSR count). The third-order valence-electron chi connectivity index (χ3n) is 3.61. The molecule has 0 saturated carbocycles. The third kappa shape index (κ3) is 3.34. The van der Waals surface area contributed by atoms with Gasteiger partial charge in [0.1, 0.15) is 5.52 Å². The van der Waals surface area contributed by atoms with Crippen molar-refractivity contribution in [3.63, 3.8) is 0 Å². The van der Waals surface area contributed by atoms with E-state index < -0.39 is 0 Å². The zero-order valence-corrected chi connectivity index (χ0v) is 12.7. The van der Waals surface area contributed by atoms with Gasteiger partial charge in [0.15, 0.2) is 0 Å². The lowest BCUT2D eigenvalue weighted by atomic mass is 10.1. The minimum absolute atomic E-state index is 0.750. The van der Waals surface area contributed by atoms with E-state index in [0.717, 1.165) is 29.3 Å². The van der Waals surface area contributed by atoms with Crippen LogP contribution in [0.25, 0.3) is 10.9 Å². The van der Waals surface area contributed by atoms with E-state index in [1.54, 1.807) is 0 Å². The van der Waals surface area contributed by atoms with Crippen LogP contribution in [-0.4, -0.2) is 6.54 Å². The lowest BCUT2D eigenvalue weighted by molar-refractivity contribution is -0.327. The summed E-state index contributed by atoms with van der Waals surface area (Å²) in [5.74, 6) is 1.03. The summed E-state index contributed by atoms with van der Waals surface area (Å²) in [6.07, 6.45) is 1.00. The van der Waals surface area contributed by atoms with Crippen molar-refractivity contribution in [3.05, 3.63) is 70.7 Å². The average molecular weight is 298 g/mol. The van der Waals surface area contributed by atoms with Crippen LogP contribution in [0.3, 0.4) is 0 Å². The lowest BCUT2D eigenvalue weighted by Gasteiger charge is -2.04. The van der Waals surface area contributed by atoms with Crippen molar-refractivity contribution in [2.75, 3.05) is 11.9 Å². The van der Waals surface area contributed by atoms with Crippen LogP contribution in [0, 0.1) is 6.92 Å². The van der Waals surface area contributed by atoms with Crippen molar-refractivity contribution < 1.29 is 4.98 Å². The predicted molar refractivity (Wildman–Crippen MR) is 88.9 cm³/mol. The van der Waals surface area contributed by atoms with Gasteiger partial charge < -0.3 is 0 Å². The number of H-pyrrole nitrogens is 1. The number of nitrogens with one attached hydrogen (secondary N) is 2. The molecule has 1 aromatic heterocycles. The highest BCUT2D eigenvalue weighted by Gasteiger charge is 2.08. The fourth-order valence-electron chi connectivity index (χ4n) is 2.52. The zero-order valence-electron chi connectivity index (χ0n) is 12.0. The molecular weight excluding hydrogens is 280 g/mol. The number of pyridine rings is 1. The molecule has 106 valence electrons. The van der Waals surface area contributed by atoms with E-state index >= 15 is 0 Å². The van der Waals surface area contributed by atoms with Crippen LogP contribution in [-0.2, 0) is 6.42 Å². The van der Waals surface area contributed by atoms with Crippen molar-refractivity contribution in [2.45, 2.75) is 13.3 Å². The molecule has 3 aromatic rings. The first-order chi connectivity index (χ1) is 10.2. The van der Waals surface area contributed by atoms with Gasteiger partial charge in [-0.05, 0) is 30.2 Å². The number of aromatic amines is 1. The number of hydrogen-bond acceptors (Lipinski definition) is 1. The first-order valence-electron chi connectivity index (χ1n) is 7.12. The van der Waals surface area contributed by atoms with Crippen LogP contribution in [0.5, 0.6) is 0 Å². The Labute approximate surface area is 129 Å². The summed E-state index contributed by atoms with van der Waals surface area (Å²) in [7, 11) is 0. The van der Waals surface area contributed by atoms with Crippen molar-refractivity contribution in [3.8, 4) is 0 Å². The number of aromatic nitrogens is 1. The number of fused-ring (bicyclic) bond motifs is 1. The smallest absolute Gasteiger partial charge is 0.272 e. The van der Waals surface area contributed by atoms with Crippen LogP contribution in [0.15, 0.2) is 54.6 Å². The Morgan fingerprint density at radius 3 is 2.67 bits per heavy atom. The molecule has 0 aliphatic heterocycles.